The molecule has 0 aliphatic carbocycles. The topological polar surface area (TPSA) is 105 Å². The highest BCUT2D eigenvalue weighted by molar-refractivity contribution is 5.99. The second-order valence-electron chi connectivity index (χ2n) is 7.38. The lowest BCUT2D eigenvalue weighted by Crippen LogP contribution is -2.44. The average molecular weight is 408 g/mol. The summed E-state index contributed by atoms with van der Waals surface area (Å²) in [7, 11) is 0. The minimum Gasteiger partial charge on any atom is -0.481 e. The van der Waals surface area contributed by atoms with Crippen LogP contribution in [0.1, 0.15) is 48.4 Å². The lowest BCUT2D eigenvalue weighted by molar-refractivity contribution is -0.158. The number of rotatable bonds is 9. The predicted octanol–water partition coefficient (Wildman–Crippen LogP) is 4.70. The summed E-state index contributed by atoms with van der Waals surface area (Å²) in [6.07, 6.45) is 0.606. The van der Waals surface area contributed by atoms with Crippen LogP contribution < -0.4 is 0 Å². The number of para-hydroxylation sites is 1. The minimum absolute atomic E-state index is 0.0102. The number of benzene rings is 2. The average Bonchev–Trinajstić information content (AvgIpc) is 3.16. The first-order chi connectivity index (χ1) is 14.3. The Morgan fingerprint density at radius 1 is 0.933 bits per heavy atom. The van der Waals surface area contributed by atoms with Crippen molar-refractivity contribution < 1.29 is 29.0 Å². The molecule has 1 heterocycles. The molecule has 0 bridgehead atoms. The Bertz CT molecular complexity index is 1040. The Balaban J connectivity index is 2.04. The number of furan rings is 1. The van der Waals surface area contributed by atoms with E-state index in [0.29, 0.717) is 29.6 Å². The molecule has 30 heavy (non-hydrogen) atoms. The van der Waals surface area contributed by atoms with Crippen molar-refractivity contribution in [2.24, 2.45) is 5.92 Å². The summed E-state index contributed by atoms with van der Waals surface area (Å²) < 4.78 is 5.67. The van der Waals surface area contributed by atoms with Gasteiger partial charge in [0.25, 0.3) is 0 Å². The quantitative estimate of drug-likeness (QED) is 0.393. The van der Waals surface area contributed by atoms with E-state index in [1.54, 1.807) is 50.2 Å². The molecule has 0 saturated heterocycles. The van der Waals surface area contributed by atoms with Crippen LogP contribution in [0.25, 0.3) is 11.0 Å². The van der Waals surface area contributed by atoms with E-state index >= 15 is 0 Å². The van der Waals surface area contributed by atoms with Crippen molar-refractivity contribution in [3.05, 3.63) is 71.5 Å². The lowest BCUT2D eigenvalue weighted by atomic mass is 9.65. The van der Waals surface area contributed by atoms with Crippen LogP contribution in [0.5, 0.6) is 0 Å². The molecule has 156 valence electrons. The molecule has 0 spiro atoms. The molecule has 6 nitrogen and oxygen atoms in total. The summed E-state index contributed by atoms with van der Waals surface area (Å²) in [6, 6.07) is 16.0. The zero-order valence-electron chi connectivity index (χ0n) is 16.9. The molecule has 0 unspecified atom stereocenters. The normalized spacial score (nSPS) is 11.7. The summed E-state index contributed by atoms with van der Waals surface area (Å²) in [5.74, 6) is -4.41. The van der Waals surface area contributed by atoms with Crippen molar-refractivity contribution in [1.29, 1.82) is 0 Å². The molecule has 2 aromatic carbocycles. The third kappa shape index (κ3) is 3.73. The summed E-state index contributed by atoms with van der Waals surface area (Å²) in [4.78, 5) is 36.7. The molecule has 0 aliphatic heterocycles. The summed E-state index contributed by atoms with van der Waals surface area (Å²) in [5, 5.41) is 20.2. The molecular weight excluding hydrogens is 384 g/mol. The van der Waals surface area contributed by atoms with E-state index in [9.17, 15) is 24.6 Å². The minimum atomic E-state index is -1.62. The van der Waals surface area contributed by atoms with Gasteiger partial charge in [-0.2, -0.15) is 0 Å². The Morgan fingerprint density at radius 2 is 1.53 bits per heavy atom. The van der Waals surface area contributed by atoms with E-state index in [1.807, 2.05) is 18.2 Å². The van der Waals surface area contributed by atoms with Gasteiger partial charge >= 0.3 is 11.9 Å². The third-order valence-electron chi connectivity index (χ3n) is 5.91. The van der Waals surface area contributed by atoms with Crippen LogP contribution in [0.15, 0.2) is 59.0 Å². The summed E-state index contributed by atoms with van der Waals surface area (Å²) >= 11 is 0. The molecule has 2 N–H and O–H groups in total. The Kier molecular flexibility index (Phi) is 6.06. The highest BCUT2D eigenvalue weighted by Gasteiger charge is 2.47. The van der Waals surface area contributed by atoms with Crippen LogP contribution in [-0.2, 0) is 21.4 Å². The van der Waals surface area contributed by atoms with Crippen LogP contribution in [0.4, 0.5) is 0 Å². The molecule has 0 fully saturated rings. The number of Topliss-reactive ketones (excluding diaryl/α,β-unsaturated/α-hetero) is 1. The first kappa shape index (κ1) is 21.3. The van der Waals surface area contributed by atoms with Crippen molar-refractivity contribution in [3.63, 3.8) is 0 Å². The number of ketones is 1. The van der Waals surface area contributed by atoms with E-state index in [4.69, 9.17) is 4.42 Å². The van der Waals surface area contributed by atoms with Gasteiger partial charge in [0.15, 0.2) is 11.7 Å². The summed E-state index contributed by atoms with van der Waals surface area (Å²) in [5.41, 5.74) is 0.665. The number of carbonyl (C=O) groups excluding carboxylic acids is 1. The van der Waals surface area contributed by atoms with Crippen LogP contribution >= 0.6 is 0 Å². The highest BCUT2D eigenvalue weighted by Crippen LogP contribution is 2.41. The highest BCUT2D eigenvalue weighted by atomic mass is 16.4. The van der Waals surface area contributed by atoms with Crippen molar-refractivity contribution in [1.82, 2.24) is 0 Å². The standard InChI is InChI=1S/C24H24O6/c1-3-24(4-2,21(22(26)27)23(28)29)17-11-7-5-9-15(17)13-18(25)20-14-16-10-6-8-12-19(16)30-20/h5-12,14,21H,3-4,13H2,1-2H3,(H,26,27)(H,28,29). The number of hydrogen-bond acceptors (Lipinski definition) is 4. The van der Waals surface area contributed by atoms with Crippen LogP contribution in [0.2, 0.25) is 0 Å². The van der Waals surface area contributed by atoms with Gasteiger partial charge in [0, 0.05) is 17.2 Å². The second-order valence-corrected chi connectivity index (χ2v) is 7.38. The fourth-order valence-electron chi connectivity index (χ4n) is 4.31. The molecule has 0 saturated carbocycles. The first-order valence-corrected chi connectivity index (χ1v) is 9.89. The van der Waals surface area contributed by atoms with Gasteiger partial charge in [-0.1, -0.05) is 56.3 Å². The van der Waals surface area contributed by atoms with E-state index < -0.39 is 23.3 Å². The number of fused-ring (bicyclic) bond motifs is 1. The Morgan fingerprint density at radius 3 is 2.13 bits per heavy atom. The van der Waals surface area contributed by atoms with Crippen molar-refractivity contribution in [3.8, 4) is 0 Å². The number of hydrogen-bond donors (Lipinski definition) is 2. The monoisotopic (exact) mass is 408 g/mol. The molecule has 1 aromatic heterocycles. The van der Waals surface area contributed by atoms with Gasteiger partial charge in [0.05, 0.1) is 0 Å². The fraction of sp³-hybridized carbons (Fsp3) is 0.292. The maximum Gasteiger partial charge on any atom is 0.318 e. The molecular formula is C24H24O6. The molecule has 6 heteroatoms. The second kappa shape index (κ2) is 8.53. The zero-order chi connectivity index (χ0) is 21.9. The van der Waals surface area contributed by atoms with Crippen LogP contribution in [0.3, 0.4) is 0 Å². The van der Waals surface area contributed by atoms with E-state index in [2.05, 4.69) is 0 Å². The number of carboxylic acids is 2. The molecule has 0 amide bonds. The molecule has 0 radical (unpaired) electrons. The van der Waals surface area contributed by atoms with E-state index in [-0.39, 0.29) is 18.0 Å². The first-order valence-electron chi connectivity index (χ1n) is 9.89. The smallest absolute Gasteiger partial charge is 0.318 e. The van der Waals surface area contributed by atoms with Gasteiger partial charge in [-0.25, -0.2) is 0 Å². The van der Waals surface area contributed by atoms with Crippen molar-refractivity contribution in [2.45, 2.75) is 38.5 Å². The Labute approximate surface area is 174 Å². The largest absolute Gasteiger partial charge is 0.481 e. The van der Waals surface area contributed by atoms with Gasteiger partial charge in [-0.05, 0) is 36.1 Å². The third-order valence-corrected chi connectivity index (χ3v) is 5.91. The molecule has 3 rings (SSSR count). The fourth-order valence-corrected chi connectivity index (χ4v) is 4.31. The van der Waals surface area contributed by atoms with Crippen LogP contribution in [-0.4, -0.2) is 27.9 Å². The molecule has 0 aliphatic rings. The van der Waals surface area contributed by atoms with E-state index in [1.165, 1.54) is 0 Å². The number of aliphatic carboxylic acids is 2. The zero-order valence-corrected chi connectivity index (χ0v) is 16.9. The van der Waals surface area contributed by atoms with Gasteiger partial charge in [-0.15, -0.1) is 0 Å². The van der Waals surface area contributed by atoms with Gasteiger partial charge in [0.1, 0.15) is 5.58 Å². The molecule has 3 aromatic rings. The summed E-state index contributed by atoms with van der Waals surface area (Å²) in [6.45, 7) is 3.56. The maximum atomic E-state index is 13.0. The van der Waals surface area contributed by atoms with Crippen molar-refractivity contribution >= 4 is 28.7 Å². The van der Waals surface area contributed by atoms with Gasteiger partial charge in [-0.3, -0.25) is 14.4 Å². The SMILES string of the molecule is CCC(CC)(c1ccccc1CC(=O)c1cc2ccccc2o1)C(C(=O)O)C(=O)O. The number of carboxylic acid groups (broad SMARTS) is 2. The lowest BCUT2D eigenvalue weighted by Gasteiger charge is -2.37. The van der Waals surface area contributed by atoms with Gasteiger partial charge in [0.2, 0.25) is 5.78 Å². The van der Waals surface area contributed by atoms with Crippen molar-refractivity contribution in [2.75, 3.05) is 0 Å². The van der Waals surface area contributed by atoms with E-state index in [0.717, 1.165) is 5.39 Å². The Hall–Kier alpha value is -3.41. The maximum absolute atomic E-state index is 13.0. The number of carbonyl (C=O) groups is 3. The van der Waals surface area contributed by atoms with Gasteiger partial charge < -0.3 is 14.6 Å². The van der Waals surface area contributed by atoms with Crippen LogP contribution in [0, 0.1) is 5.92 Å². The molecule has 0 atom stereocenters. The predicted molar refractivity (Wildman–Crippen MR) is 112 cm³/mol.